The van der Waals surface area contributed by atoms with Gasteiger partial charge in [0.25, 0.3) is 0 Å². The summed E-state index contributed by atoms with van der Waals surface area (Å²) in [5.74, 6) is -5.57. The van der Waals surface area contributed by atoms with Crippen molar-refractivity contribution in [3.8, 4) is 0 Å². The van der Waals surface area contributed by atoms with Crippen LogP contribution in [-0.4, -0.2) is 80.8 Å². The number of hydrogen-bond donors (Lipinski definition) is 0. The quantitative estimate of drug-likeness (QED) is 0.155. The highest BCUT2D eigenvalue weighted by atomic mass is 28.4. The Morgan fingerprint density at radius 3 is 1.67 bits per heavy atom. The summed E-state index contributed by atoms with van der Waals surface area (Å²) in [5.41, 5.74) is -1.81. The molecule has 0 aliphatic carbocycles. The van der Waals surface area contributed by atoms with Crippen LogP contribution in [0.5, 0.6) is 0 Å². The molecule has 0 aromatic rings. The molecule has 0 saturated carbocycles. The molecule has 0 aromatic carbocycles. The van der Waals surface area contributed by atoms with Gasteiger partial charge in [0.1, 0.15) is 11.6 Å². The normalized spacial score (nSPS) is 20.6. The molecule has 1 rings (SSSR count). The first-order chi connectivity index (χ1) is 17.6. The van der Waals surface area contributed by atoms with Crippen molar-refractivity contribution in [3.63, 3.8) is 0 Å². The minimum Gasteiger partial charge on any atom is -0.465 e. The van der Waals surface area contributed by atoms with Crippen molar-refractivity contribution in [2.24, 2.45) is 17.8 Å². The van der Waals surface area contributed by atoms with Crippen LogP contribution < -0.4 is 0 Å². The van der Waals surface area contributed by atoms with Crippen molar-refractivity contribution in [1.29, 1.82) is 0 Å². The molecule has 1 fully saturated rings. The van der Waals surface area contributed by atoms with E-state index in [4.69, 9.17) is 23.4 Å². The molecule has 226 valence electrons. The number of ether oxygens (including phenoxy) is 4. The molecule has 1 saturated heterocycles. The standard InChI is InChI=1S/C28H51NO9Si/c1-14-34-22(30)20(23(31)35-15-2)19-18(28(10,11)38-39(12,13)27(7,8)9)17-29(21(19)24(32)36-16-3)25(33)37-26(4,5)6/h18-21H,14-17H2,1-13H3/t18-,19+,21+/m0/s1. The van der Waals surface area contributed by atoms with Crippen LogP contribution in [0.1, 0.15) is 76.2 Å². The fourth-order valence-electron chi connectivity index (χ4n) is 4.75. The molecule has 0 spiro atoms. The zero-order valence-corrected chi connectivity index (χ0v) is 27.3. The van der Waals surface area contributed by atoms with E-state index in [-0.39, 0.29) is 31.4 Å². The summed E-state index contributed by atoms with van der Waals surface area (Å²) in [6.45, 7) is 24.4. The van der Waals surface area contributed by atoms with Gasteiger partial charge in [-0.1, -0.05) is 20.8 Å². The molecule has 1 heterocycles. The second-order valence-electron chi connectivity index (χ2n) is 13.0. The third-order valence-electron chi connectivity index (χ3n) is 7.40. The molecule has 11 heteroatoms. The first-order valence-corrected chi connectivity index (χ1v) is 16.8. The molecule has 1 amide bonds. The number of carbonyl (C=O) groups is 4. The Kier molecular flexibility index (Phi) is 11.6. The maximum Gasteiger partial charge on any atom is 0.411 e. The number of hydrogen-bond acceptors (Lipinski definition) is 9. The molecule has 0 N–H and O–H groups in total. The smallest absolute Gasteiger partial charge is 0.411 e. The van der Waals surface area contributed by atoms with Gasteiger partial charge in [0.05, 0.1) is 25.4 Å². The van der Waals surface area contributed by atoms with Gasteiger partial charge in [0.2, 0.25) is 0 Å². The van der Waals surface area contributed by atoms with Crippen molar-refractivity contribution in [1.82, 2.24) is 4.90 Å². The Bertz CT molecular complexity index is 870. The second kappa shape index (κ2) is 13.0. The highest BCUT2D eigenvalue weighted by Gasteiger charge is 2.61. The molecule has 0 radical (unpaired) electrons. The number of likely N-dealkylation sites (tertiary alicyclic amines) is 1. The van der Waals surface area contributed by atoms with E-state index in [1.807, 2.05) is 13.8 Å². The van der Waals surface area contributed by atoms with Crippen molar-refractivity contribution in [2.45, 2.75) is 112 Å². The van der Waals surface area contributed by atoms with E-state index in [0.717, 1.165) is 0 Å². The topological polar surface area (TPSA) is 118 Å². The monoisotopic (exact) mass is 573 g/mol. The number of esters is 3. The van der Waals surface area contributed by atoms with Gasteiger partial charge in [0, 0.05) is 18.4 Å². The summed E-state index contributed by atoms with van der Waals surface area (Å²) in [6, 6.07) is -1.30. The lowest BCUT2D eigenvalue weighted by Gasteiger charge is -2.46. The lowest BCUT2D eigenvalue weighted by molar-refractivity contribution is -0.168. The predicted octanol–water partition coefficient (Wildman–Crippen LogP) is 4.94. The average molecular weight is 574 g/mol. The molecule has 39 heavy (non-hydrogen) atoms. The molecule has 0 unspecified atom stereocenters. The SMILES string of the molecule is CCOC(=O)C(C(=O)OCC)[C@@H]1[C@H](C(=O)OCC)N(C(=O)OC(C)(C)C)C[C@@H]1C(C)(C)O[Si](C)(C)C(C)(C)C. The molecule has 1 aliphatic rings. The van der Waals surface area contributed by atoms with Gasteiger partial charge >= 0.3 is 24.0 Å². The maximum atomic E-state index is 13.5. The van der Waals surface area contributed by atoms with E-state index in [1.54, 1.807) is 41.5 Å². The van der Waals surface area contributed by atoms with Crippen LogP contribution in [0.2, 0.25) is 18.1 Å². The summed E-state index contributed by atoms with van der Waals surface area (Å²) < 4.78 is 28.5. The fourth-order valence-corrected chi connectivity index (χ4v) is 6.53. The molecule has 10 nitrogen and oxygen atoms in total. The van der Waals surface area contributed by atoms with Gasteiger partial charge in [-0.25, -0.2) is 9.59 Å². The van der Waals surface area contributed by atoms with Crippen LogP contribution in [0.4, 0.5) is 4.79 Å². The van der Waals surface area contributed by atoms with E-state index in [0.29, 0.717) is 0 Å². The molecule has 0 bridgehead atoms. The zero-order chi connectivity index (χ0) is 30.6. The zero-order valence-electron chi connectivity index (χ0n) is 26.3. The third kappa shape index (κ3) is 8.67. The number of nitrogens with zero attached hydrogens (tertiary/aromatic N) is 1. The lowest BCUT2D eigenvalue weighted by Crippen LogP contribution is -2.54. The molecule has 0 aromatic heterocycles. The van der Waals surface area contributed by atoms with Crippen LogP contribution in [0.15, 0.2) is 0 Å². The molecular weight excluding hydrogens is 522 g/mol. The van der Waals surface area contributed by atoms with Crippen LogP contribution in [0, 0.1) is 17.8 Å². The highest BCUT2D eigenvalue weighted by molar-refractivity contribution is 6.74. The summed E-state index contributed by atoms with van der Waals surface area (Å²) in [5, 5.41) is -0.147. The Labute approximate surface area is 235 Å². The Balaban J connectivity index is 3.89. The van der Waals surface area contributed by atoms with Crippen molar-refractivity contribution in [3.05, 3.63) is 0 Å². The largest absolute Gasteiger partial charge is 0.465 e. The van der Waals surface area contributed by atoms with Crippen LogP contribution in [-0.2, 0) is 37.8 Å². The Hall–Kier alpha value is -2.14. The molecule has 1 aliphatic heterocycles. The van der Waals surface area contributed by atoms with E-state index < -0.39 is 67.3 Å². The van der Waals surface area contributed by atoms with Gasteiger partial charge < -0.3 is 23.4 Å². The van der Waals surface area contributed by atoms with E-state index in [2.05, 4.69) is 33.9 Å². The van der Waals surface area contributed by atoms with E-state index in [1.165, 1.54) is 4.90 Å². The van der Waals surface area contributed by atoms with Crippen molar-refractivity contribution >= 4 is 32.3 Å². The summed E-state index contributed by atoms with van der Waals surface area (Å²) in [7, 11) is -2.39. The summed E-state index contributed by atoms with van der Waals surface area (Å²) in [6.07, 6.45) is -0.748. The fraction of sp³-hybridized carbons (Fsp3) is 0.857. The molecular formula is C28H51NO9Si. The number of rotatable bonds is 10. The van der Waals surface area contributed by atoms with Gasteiger partial charge in [-0.2, -0.15) is 0 Å². The van der Waals surface area contributed by atoms with Gasteiger partial charge in [0.15, 0.2) is 14.2 Å². The Morgan fingerprint density at radius 2 is 1.28 bits per heavy atom. The van der Waals surface area contributed by atoms with E-state index >= 15 is 0 Å². The number of carbonyl (C=O) groups excluding carboxylic acids is 4. The number of amides is 1. The lowest BCUT2D eigenvalue weighted by atomic mass is 9.73. The van der Waals surface area contributed by atoms with Crippen LogP contribution in [0.25, 0.3) is 0 Å². The highest BCUT2D eigenvalue weighted by Crippen LogP contribution is 2.48. The minimum absolute atomic E-state index is 0.00000614. The second-order valence-corrected chi connectivity index (χ2v) is 17.7. The van der Waals surface area contributed by atoms with Gasteiger partial charge in [-0.15, -0.1) is 0 Å². The predicted molar refractivity (Wildman–Crippen MR) is 149 cm³/mol. The Morgan fingerprint density at radius 1 is 0.821 bits per heavy atom. The van der Waals surface area contributed by atoms with E-state index in [9.17, 15) is 19.2 Å². The van der Waals surface area contributed by atoms with Gasteiger partial charge in [-0.05, 0) is 73.5 Å². The summed E-state index contributed by atoms with van der Waals surface area (Å²) in [4.78, 5) is 55.0. The van der Waals surface area contributed by atoms with Crippen molar-refractivity contribution < 1.29 is 42.6 Å². The van der Waals surface area contributed by atoms with Crippen LogP contribution in [0.3, 0.4) is 0 Å². The van der Waals surface area contributed by atoms with Gasteiger partial charge in [-0.3, -0.25) is 14.5 Å². The summed E-state index contributed by atoms with van der Waals surface area (Å²) >= 11 is 0. The third-order valence-corrected chi connectivity index (χ3v) is 12.0. The first-order valence-electron chi connectivity index (χ1n) is 13.8. The van der Waals surface area contributed by atoms with Crippen molar-refractivity contribution in [2.75, 3.05) is 26.4 Å². The average Bonchev–Trinajstić information content (AvgIpc) is 3.13. The first kappa shape index (κ1) is 34.9. The van der Waals surface area contributed by atoms with Crippen LogP contribution >= 0.6 is 0 Å². The minimum atomic E-state index is -2.39. The molecule has 3 atom stereocenters. The maximum absolute atomic E-state index is 13.5.